The summed E-state index contributed by atoms with van der Waals surface area (Å²) in [7, 11) is 0. The van der Waals surface area contributed by atoms with Crippen molar-refractivity contribution in [2.24, 2.45) is 0 Å². The molecule has 2 N–H and O–H groups in total. The molecule has 4 heteroatoms. The van der Waals surface area contributed by atoms with E-state index in [-0.39, 0.29) is 11.8 Å². The Kier molecular flexibility index (Phi) is 3.83. The van der Waals surface area contributed by atoms with Gasteiger partial charge in [0.25, 0.3) is 0 Å². The standard InChI is InChI=1S/C12H14N2O2/c1-4-10-5-6-11(13-8(2)15)7-12(10)14-9(3)16/h4-7H,1H2,2-3H3,(H,13,15)(H,14,16). The second-order valence-electron chi connectivity index (χ2n) is 3.37. The molecule has 4 nitrogen and oxygen atoms in total. The lowest BCUT2D eigenvalue weighted by atomic mass is 10.1. The summed E-state index contributed by atoms with van der Waals surface area (Å²) in [4.78, 5) is 21.9. The molecule has 16 heavy (non-hydrogen) atoms. The average molecular weight is 218 g/mol. The molecule has 0 atom stereocenters. The summed E-state index contributed by atoms with van der Waals surface area (Å²) in [6.45, 7) is 6.51. The van der Waals surface area contributed by atoms with Gasteiger partial charge in [-0.15, -0.1) is 0 Å². The third-order valence-electron chi connectivity index (χ3n) is 1.90. The predicted molar refractivity (Wildman–Crippen MR) is 65.1 cm³/mol. The van der Waals surface area contributed by atoms with E-state index in [9.17, 15) is 9.59 Å². The number of hydrogen-bond acceptors (Lipinski definition) is 2. The third-order valence-corrected chi connectivity index (χ3v) is 1.90. The van der Waals surface area contributed by atoms with Crippen LogP contribution in [0.4, 0.5) is 11.4 Å². The highest BCUT2D eigenvalue weighted by atomic mass is 16.2. The van der Waals surface area contributed by atoms with E-state index in [0.717, 1.165) is 5.56 Å². The first-order chi connectivity index (χ1) is 7.52. The molecule has 0 radical (unpaired) electrons. The van der Waals surface area contributed by atoms with Gasteiger partial charge in [-0.3, -0.25) is 9.59 Å². The fourth-order valence-electron chi connectivity index (χ4n) is 1.31. The fraction of sp³-hybridized carbons (Fsp3) is 0.167. The molecule has 0 aliphatic heterocycles. The molecule has 0 saturated heterocycles. The van der Waals surface area contributed by atoms with Crippen LogP contribution in [0.25, 0.3) is 6.08 Å². The van der Waals surface area contributed by atoms with E-state index in [4.69, 9.17) is 0 Å². The minimum Gasteiger partial charge on any atom is -0.326 e. The lowest BCUT2D eigenvalue weighted by Gasteiger charge is -2.09. The van der Waals surface area contributed by atoms with Crippen molar-refractivity contribution in [2.75, 3.05) is 10.6 Å². The van der Waals surface area contributed by atoms with Gasteiger partial charge >= 0.3 is 0 Å². The first-order valence-corrected chi connectivity index (χ1v) is 4.84. The predicted octanol–water partition coefficient (Wildman–Crippen LogP) is 2.25. The van der Waals surface area contributed by atoms with E-state index in [1.807, 2.05) is 0 Å². The van der Waals surface area contributed by atoms with Crippen LogP contribution in [0.5, 0.6) is 0 Å². The van der Waals surface area contributed by atoms with E-state index >= 15 is 0 Å². The summed E-state index contributed by atoms with van der Waals surface area (Å²) in [5.74, 6) is -0.316. The second-order valence-corrected chi connectivity index (χ2v) is 3.37. The van der Waals surface area contributed by atoms with Gasteiger partial charge in [-0.05, 0) is 17.7 Å². The van der Waals surface area contributed by atoms with E-state index in [1.54, 1.807) is 24.3 Å². The second kappa shape index (κ2) is 5.11. The fourth-order valence-corrected chi connectivity index (χ4v) is 1.31. The molecule has 1 rings (SSSR count). The molecule has 84 valence electrons. The van der Waals surface area contributed by atoms with Gasteiger partial charge in [0, 0.05) is 25.2 Å². The Labute approximate surface area is 94.4 Å². The topological polar surface area (TPSA) is 58.2 Å². The SMILES string of the molecule is C=Cc1ccc(NC(C)=O)cc1NC(C)=O. The van der Waals surface area contributed by atoms with Gasteiger partial charge < -0.3 is 10.6 Å². The van der Waals surface area contributed by atoms with Crippen LogP contribution in [0, 0.1) is 0 Å². The number of carbonyl (C=O) groups excluding carboxylic acids is 2. The van der Waals surface area contributed by atoms with Gasteiger partial charge in [-0.1, -0.05) is 18.7 Å². The summed E-state index contributed by atoms with van der Waals surface area (Å²) >= 11 is 0. The van der Waals surface area contributed by atoms with Gasteiger partial charge in [0.1, 0.15) is 0 Å². The molecule has 0 aliphatic rings. The molecule has 1 aromatic carbocycles. The smallest absolute Gasteiger partial charge is 0.221 e. The van der Waals surface area contributed by atoms with Crippen molar-refractivity contribution >= 4 is 29.3 Å². The Morgan fingerprint density at radius 3 is 2.31 bits per heavy atom. The third kappa shape index (κ3) is 3.24. The maximum Gasteiger partial charge on any atom is 0.221 e. The summed E-state index contributed by atoms with van der Waals surface area (Å²) in [6, 6.07) is 5.23. The van der Waals surface area contributed by atoms with Crippen LogP contribution in [0.1, 0.15) is 19.4 Å². The highest BCUT2D eigenvalue weighted by Crippen LogP contribution is 2.22. The normalized spacial score (nSPS) is 9.38. The zero-order chi connectivity index (χ0) is 12.1. The number of rotatable bonds is 3. The molecule has 0 heterocycles. The van der Waals surface area contributed by atoms with Gasteiger partial charge in [-0.2, -0.15) is 0 Å². The van der Waals surface area contributed by atoms with E-state index in [2.05, 4.69) is 17.2 Å². The number of anilines is 2. The monoisotopic (exact) mass is 218 g/mol. The zero-order valence-electron chi connectivity index (χ0n) is 9.33. The van der Waals surface area contributed by atoms with Crippen molar-refractivity contribution in [2.45, 2.75) is 13.8 Å². The lowest BCUT2D eigenvalue weighted by molar-refractivity contribution is -0.115. The Hall–Kier alpha value is -2.10. The number of nitrogens with one attached hydrogen (secondary N) is 2. The van der Waals surface area contributed by atoms with Gasteiger partial charge in [0.2, 0.25) is 11.8 Å². The molecule has 0 fully saturated rings. The maximum atomic E-state index is 11.0. The summed E-state index contributed by atoms with van der Waals surface area (Å²) < 4.78 is 0. The molecule has 0 unspecified atom stereocenters. The molecular formula is C12H14N2O2. The Balaban J connectivity index is 3.05. The summed E-state index contributed by atoms with van der Waals surface area (Å²) in [6.07, 6.45) is 1.64. The van der Waals surface area contributed by atoms with Crippen molar-refractivity contribution in [3.63, 3.8) is 0 Å². The summed E-state index contributed by atoms with van der Waals surface area (Å²) in [5.41, 5.74) is 2.08. The number of carbonyl (C=O) groups is 2. The number of hydrogen-bond donors (Lipinski definition) is 2. The van der Waals surface area contributed by atoms with E-state index in [1.165, 1.54) is 13.8 Å². The van der Waals surface area contributed by atoms with Crippen LogP contribution >= 0.6 is 0 Å². The van der Waals surface area contributed by atoms with Crippen molar-refractivity contribution < 1.29 is 9.59 Å². The van der Waals surface area contributed by atoms with Crippen molar-refractivity contribution in [1.82, 2.24) is 0 Å². The van der Waals surface area contributed by atoms with Gasteiger partial charge in [-0.25, -0.2) is 0 Å². The summed E-state index contributed by atoms with van der Waals surface area (Å²) in [5, 5.41) is 5.32. The minimum absolute atomic E-state index is 0.153. The highest BCUT2D eigenvalue weighted by molar-refractivity contribution is 5.94. The van der Waals surface area contributed by atoms with Crippen LogP contribution < -0.4 is 10.6 Å². The van der Waals surface area contributed by atoms with Crippen LogP contribution in [0.15, 0.2) is 24.8 Å². The van der Waals surface area contributed by atoms with Crippen molar-refractivity contribution in [1.29, 1.82) is 0 Å². The van der Waals surface area contributed by atoms with Gasteiger partial charge in [0.15, 0.2) is 0 Å². The molecule has 0 spiro atoms. The first kappa shape index (κ1) is 12.0. The molecule has 0 aromatic heterocycles. The van der Waals surface area contributed by atoms with E-state index in [0.29, 0.717) is 11.4 Å². The minimum atomic E-state index is -0.164. The number of amides is 2. The molecular weight excluding hydrogens is 204 g/mol. The highest BCUT2D eigenvalue weighted by Gasteiger charge is 2.03. The van der Waals surface area contributed by atoms with Crippen LogP contribution in [0.2, 0.25) is 0 Å². The van der Waals surface area contributed by atoms with Crippen LogP contribution in [-0.4, -0.2) is 11.8 Å². The van der Waals surface area contributed by atoms with Crippen LogP contribution in [0.3, 0.4) is 0 Å². The largest absolute Gasteiger partial charge is 0.326 e. The first-order valence-electron chi connectivity index (χ1n) is 4.84. The lowest BCUT2D eigenvalue weighted by Crippen LogP contribution is -2.09. The van der Waals surface area contributed by atoms with Gasteiger partial charge in [0.05, 0.1) is 0 Å². The zero-order valence-corrected chi connectivity index (χ0v) is 9.33. The number of benzene rings is 1. The van der Waals surface area contributed by atoms with Crippen LogP contribution in [-0.2, 0) is 9.59 Å². The molecule has 2 amide bonds. The van der Waals surface area contributed by atoms with E-state index < -0.39 is 0 Å². The maximum absolute atomic E-state index is 11.0. The Morgan fingerprint density at radius 2 is 1.81 bits per heavy atom. The molecule has 1 aromatic rings. The van der Waals surface area contributed by atoms with Crippen molar-refractivity contribution in [3.05, 3.63) is 30.3 Å². The quantitative estimate of drug-likeness (QED) is 0.817. The van der Waals surface area contributed by atoms with Crippen molar-refractivity contribution in [3.8, 4) is 0 Å². The molecule has 0 saturated carbocycles. The molecule has 0 aliphatic carbocycles. The molecule has 0 bridgehead atoms. The Morgan fingerprint density at radius 1 is 1.19 bits per heavy atom. The Bertz CT molecular complexity index is 439. The average Bonchev–Trinajstić information content (AvgIpc) is 2.16.